The number of carboxylic acid groups (broad SMARTS) is 1. The Labute approximate surface area is 165 Å². The summed E-state index contributed by atoms with van der Waals surface area (Å²) in [5.74, 6) is -1.38. The van der Waals surface area contributed by atoms with Gasteiger partial charge in [-0.05, 0) is 50.3 Å². The lowest BCUT2D eigenvalue weighted by Crippen LogP contribution is -2.49. The van der Waals surface area contributed by atoms with Crippen molar-refractivity contribution < 1.29 is 37.0 Å². The monoisotopic (exact) mass is 418 g/mol. The van der Waals surface area contributed by atoms with Gasteiger partial charge in [0.05, 0.1) is 23.8 Å². The van der Waals surface area contributed by atoms with Crippen molar-refractivity contribution in [3.8, 4) is 0 Å². The summed E-state index contributed by atoms with van der Waals surface area (Å²) < 4.78 is 58.3. The number of hydrogen-bond donors (Lipinski definition) is 1. The Morgan fingerprint density at radius 1 is 1.34 bits per heavy atom. The smallest absolute Gasteiger partial charge is 0.419 e. The average molecular weight is 418 g/mol. The van der Waals surface area contributed by atoms with E-state index in [1.165, 1.54) is 15.9 Å². The first-order valence-electron chi connectivity index (χ1n) is 9.41. The topological polar surface area (TPSA) is 70.1 Å². The maximum absolute atomic E-state index is 13.7. The van der Waals surface area contributed by atoms with Gasteiger partial charge in [0.1, 0.15) is 5.82 Å². The summed E-state index contributed by atoms with van der Waals surface area (Å²) in [6.45, 7) is 2.01. The molecule has 0 spiro atoms. The zero-order valence-corrected chi connectivity index (χ0v) is 15.8. The lowest BCUT2D eigenvalue weighted by molar-refractivity contribution is -0.140. The molecule has 1 atom stereocenters. The Hall–Kier alpha value is -2.52. The van der Waals surface area contributed by atoms with Crippen molar-refractivity contribution in [1.29, 1.82) is 0 Å². The van der Waals surface area contributed by atoms with E-state index in [9.17, 15) is 32.3 Å². The Bertz CT molecular complexity index is 795. The van der Waals surface area contributed by atoms with Gasteiger partial charge in [0.25, 0.3) is 0 Å². The number of alkyl halides is 3. The third-order valence-corrected chi connectivity index (χ3v) is 5.55. The van der Waals surface area contributed by atoms with Crippen molar-refractivity contribution in [3.05, 3.63) is 35.1 Å². The lowest BCUT2D eigenvalue weighted by Gasteiger charge is -2.35. The summed E-state index contributed by atoms with van der Waals surface area (Å²) >= 11 is 0. The number of nitrogens with zero attached hydrogens (tertiary/aromatic N) is 2. The van der Waals surface area contributed by atoms with Crippen LogP contribution < -0.4 is 0 Å². The van der Waals surface area contributed by atoms with Crippen LogP contribution in [0.2, 0.25) is 0 Å². The van der Waals surface area contributed by atoms with Crippen LogP contribution in [0.4, 0.5) is 27.2 Å². The van der Waals surface area contributed by atoms with Crippen LogP contribution in [0.1, 0.15) is 43.7 Å². The summed E-state index contributed by atoms with van der Waals surface area (Å²) in [5, 5.41) is 9.36. The van der Waals surface area contributed by atoms with Crippen LogP contribution >= 0.6 is 0 Å². The van der Waals surface area contributed by atoms with E-state index in [4.69, 9.17) is 4.74 Å². The van der Waals surface area contributed by atoms with Crippen LogP contribution in [0.5, 0.6) is 0 Å². The van der Waals surface area contributed by atoms with Crippen molar-refractivity contribution >= 4 is 12.2 Å². The molecule has 1 N–H and O–H groups in total. The number of carbonyl (C=O) groups is 2. The first-order chi connectivity index (χ1) is 13.6. The number of amides is 2. The number of rotatable bonds is 5. The third kappa shape index (κ3) is 4.11. The zero-order chi connectivity index (χ0) is 21.4. The molecule has 1 aromatic carbocycles. The highest BCUT2D eigenvalue weighted by atomic mass is 19.4. The highest BCUT2D eigenvalue weighted by Gasteiger charge is 2.54. The van der Waals surface area contributed by atoms with Crippen molar-refractivity contribution in [3.63, 3.8) is 0 Å². The number of halogens is 4. The molecule has 29 heavy (non-hydrogen) atoms. The molecule has 0 aromatic heterocycles. The molecule has 1 aliphatic carbocycles. The fraction of sp³-hybridized carbons (Fsp3) is 0.579. The highest BCUT2D eigenvalue weighted by Crippen LogP contribution is 2.52. The molecule has 3 rings (SSSR count). The fourth-order valence-corrected chi connectivity index (χ4v) is 3.98. The van der Waals surface area contributed by atoms with Crippen LogP contribution in [-0.4, -0.2) is 52.8 Å². The molecule has 160 valence electrons. The van der Waals surface area contributed by atoms with E-state index in [0.717, 1.165) is 12.1 Å². The molecule has 1 saturated carbocycles. The molecule has 2 aliphatic rings. The molecule has 1 heterocycles. The number of benzene rings is 1. The van der Waals surface area contributed by atoms with E-state index < -0.39 is 41.3 Å². The lowest BCUT2D eigenvalue weighted by atomic mass is 9.99. The maximum atomic E-state index is 13.7. The van der Waals surface area contributed by atoms with E-state index >= 15 is 0 Å². The predicted octanol–water partition coefficient (Wildman–Crippen LogP) is 4.43. The summed E-state index contributed by atoms with van der Waals surface area (Å²) in [7, 11) is 0. The molecule has 1 saturated heterocycles. The highest BCUT2D eigenvalue weighted by molar-refractivity contribution is 5.71. The minimum absolute atomic E-state index is 0.00383. The van der Waals surface area contributed by atoms with E-state index in [2.05, 4.69) is 0 Å². The quantitative estimate of drug-likeness (QED) is 0.718. The normalized spacial score (nSPS) is 20.4. The molecule has 1 aliphatic heterocycles. The first kappa shape index (κ1) is 21.2. The second kappa shape index (κ2) is 7.72. The standard InChI is InChI=1S/C19H22F4N2O4/c1-2-29-17(28)25(11-13-4-3-9-24(13)16(26)27)18(7-8-18)12-5-6-15(20)14(10-12)19(21,22)23/h5-6,10,13H,2-4,7-9,11H2,1H3,(H,26,27)/t13-/m0/s1. The van der Waals surface area contributed by atoms with Crippen LogP contribution in [0.15, 0.2) is 18.2 Å². The van der Waals surface area contributed by atoms with Crippen molar-refractivity contribution in [2.45, 2.75) is 50.4 Å². The van der Waals surface area contributed by atoms with Gasteiger partial charge in [0, 0.05) is 13.1 Å². The Morgan fingerprint density at radius 3 is 2.59 bits per heavy atom. The minimum Gasteiger partial charge on any atom is -0.465 e. The van der Waals surface area contributed by atoms with Gasteiger partial charge < -0.3 is 14.7 Å². The molecule has 0 unspecified atom stereocenters. The molecule has 10 heteroatoms. The van der Waals surface area contributed by atoms with Gasteiger partial charge in [-0.1, -0.05) is 6.07 Å². The second-order valence-electron chi connectivity index (χ2n) is 7.31. The van der Waals surface area contributed by atoms with E-state index in [1.54, 1.807) is 6.92 Å². The van der Waals surface area contributed by atoms with E-state index in [-0.39, 0.29) is 18.7 Å². The number of ether oxygens (including phenoxy) is 1. The molecule has 1 aromatic rings. The molecule has 0 radical (unpaired) electrons. The maximum Gasteiger partial charge on any atom is 0.419 e. The van der Waals surface area contributed by atoms with Gasteiger partial charge in [0.2, 0.25) is 0 Å². The minimum atomic E-state index is -4.86. The molecule has 2 fully saturated rings. The Morgan fingerprint density at radius 2 is 2.03 bits per heavy atom. The second-order valence-corrected chi connectivity index (χ2v) is 7.31. The summed E-state index contributed by atoms with van der Waals surface area (Å²) in [5.41, 5.74) is -2.29. The van der Waals surface area contributed by atoms with Gasteiger partial charge in [0.15, 0.2) is 0 Å². The predicted molar refractivity (Wildman–Crippen MR) is 93.8 cm³/mol. The third-order valence-electron chi connectivity index (χ3n) is 5.55. The molecule has 0 bridgehead atoms. The van der Waals surface area contributed by atoms with Crippen molar-refractivity contribution in [2.24, 2.45) is 0 Å². The number of likely N-dealkylation sites (tertiary alicyclic amines) is 1. The van der Waals surface area contributed by atoms with Gasteiger partial charge in [-0.15, -0.1) is 0 Å². The first-order valence-corrected chi connectivity index (χ1v) is 9.41. The van der Waals surface area contributed by atoms with Crippen molar-refractivity contribution in [2.75, 3.05) is 19.7 Å². The van der Waals surface area contributed by atoms with Crippen molar-refractivity contribution in [1.82, 2.24) is 9.80 Å². The van der Waals surface area contributed by atoms with Gasteiger partial charge in [-0.3, -0.25) is 4.90 Å². The van der Waals surface area contributed by atoms with E-state index in [1.807, 2.05) is 0 Å². The molecular weight excluding hydrogens is 396 g/mol. The zero-order valence-electron chi connectivity index (χ0n) is 15.8. The van der Waals surface area contributed by atoms with Crippen LogP contribution in [-0.2, 0) is 16.5 Å². The van der Waals surface area contributed by atoms with Crippen LogP contribution in [0, 0.1) is 5.82 Å². The average Bonchev–Trinajstić information content (AvgIpc) is 3.29. The molecule has 2 amide bonds. The SMILES string of the molecule is CCOC(=O)N(C[C@@H]1CCCN1C(=O)O)C1(c2ccc(F)c(C(F)(F)F)c2)CC1. The van der Waals surface area contributed by atoms with E-state index in [0.29, 0.717) is 32.2 Å². The Balaban J connectivity index is 1.95. The summed E-state index contributed by atoms with van der Waals surface area (Å²) in [6.07, 6.45) is -4.76. The van der Waals surface area contributed by atoms with Crippen LogP contribution in [0.25, 0.3) is 0 Å². The van der Waals surface area contributed by atoms with Gasteiger partial charge in [-0.2, -0.15) is 13.2 Å². The Kier molecular flexibility index (Phi) is 5.64. The largest absolute Gasteiger partial charge is 0.465 e. The summed E-state index contributed by atoms with van der Waals surface area (Å²) in [6, 6.07) is 2.25. The molecule has 6 nitrogen and oxygen atoms in total. The number of hydrogen-bond acceptors (Lipinski definition) is 3. The van der Waals surface area contributed by atoms with Gasteiger partial charge >= 0.3 is 18.4 Å². The van der Waals surface area contributed by atoms with Gasteiger partial charge in [-0.25, -0.2) is 14.0 Å². The summed E-state index contributed by atoms with van der Waals surface area (Å²) in [4.78, 5) is 26.6. The fourth-order valence-electron chi connectivity index (χ4n) is 3.98. The molecular formula is C19H22F4N2O4. The van der Waals surface area contributed by atoms with Crippen LogP contribution in [0.3, 0.4) is 0 Å². The number of carbonyl (C=O) groups excluding carboxylic acids is 1.